The molecule has 0 aliphatic carbocycles. The van der Waals surface area contributed by atoms with Gasteiger partial charge in [0.05, 0.1) is 21.6 Å². The van der Waals surface area contributed by atoms with E-state index in [1.807, 2.05) is 41.9 Å². The van der Waals surface area contributed by atoms with E-state index in [0.717, 1.165) is 32.1 Å². The van der Waals surface area contributed by atoms with E-state index in [1.165, 1.54) is 0 Å². The van der Waals surface area contributed by atoms with Gasteiger partial charge in [-0.1, -0.05) is 30.3 Å². The van der Waals surface area contributed by atoms with Crippen molar-refractivity contribution in [2.75, 3.05) is 5.73 Å². The Balaban J connectivity index is 1.85. The van der Waals surface area contributed by atoms with Crippen molar-refractivity contribution in [2.24, 2.45) is 0 Å². The molecule has 0 radical (unpaired) electrons. The van der Waals surface area contributed by atoms with Gasteiger partial charge in [0.15, 0.2) is 4.96 Å². The molecule has 4 aromatic rings. The summed E-state index contributed by atoms with van der Waals surface area (Å²) in [5, 5.41) is 2.02. The zero-order chi connectivity index (χ0) is 16.5. The molecule has 0 aliphatic rings. The number of fused-ring (bicyclic) bond motifs is 1. The molecule has 0 aliphatic heterocycles. The van der Waals surface area contributed by atoms with Crippen LogP contribution in [0.15, 0.2) is 52.6 Å². The van der Waals surface area contributed by atoms with Crippen LogP contribution in [-0.2, 0) is 0 Å². The van der Waals surface area contributed by atoms with Gasteiger partial charge in [-0.15, -0.1) is 11.3 Å². The van der Waals surface area contributed by atoms with Crippen molar-refractivity contribution in [1.29, 1.82) is 0 Å². The van der Waals surface area contributed by atoms with E-state index in [-0.39, 0.29) is 5.95 Å². The summed E-state index contributed by atoms with van der Waals surface area (Å²) in [7, 11) is 0. The number of nitrogens with two attached hydrogens (primary N) is 1. The van der Waals surface area contributed by atoms with E-state index in [4.69, 9.17) is 10.7 Å². The van der Waals surface area contributed by atoms with Crippen LogP contribution in [0.25, 0.3) is 28.4 Å². The third-order valence-electron chi connectivity index (χ3n) is 3.54. The van der Waals surface area contributed by atoms with Gasteiger partial charge in [0.2, 0.25) is 5.95 Å². The molecule has 1 aromatic carbocycles. The van der Waals surface area contributed by atoms with Gasteiger partial charge in [-0.25, -0.2) is 15.0 Å². The zero-order valence-electron chi connectivity index (χ0n) is 12.4. The molecule has 3 aromatic heterocycles. The topological polar surface area (TPSA) is 69.1 Å². The van der Waals surface area contributed by atoms with Gasteiger partial charge in [0.1, 0.15) is 0 Å². The molecular formula is C17H12BrN5S. The molecule has 0 amide bonds. The smallest absolute Gasteiger partial charge is 0.220 e. The highest BCUT2D eigenvalue weighted by atomic mass is 79.9. The highest BCUT2D eigenvalue weighted by molar-refractivity contribution is 9.10. The van der Waals surface area contributed by atoms with E-state index >= 15 is 0 Å². The summed E-state index contributed by atoms with van der Waals surface area (Å²) in [5.74, 6) is 0.245. The number of hydrogen-bond acceptors (Lipinski definition) is 5. The van der Waals surface area contributed by atoms with Crippen LogP contribution in [0, 0.1) is 0 Å². The number of thiazole rings is 1. The highest BCUT2D eigenvalue weighted by Gasteiger charge is 2.12. The second-order valence-corrected chi connectivity index (χ2v) is 6.79. The van der Waals surface area contributed by atoms with Gasteiger partial charge in [0, 0.05) is 23.3 Å². The first kappa shape index (κ1) is 15.0. The Morgan fingerprint density at radius 2 is 1.96 bits per heavy atom. The quantitative estimate of drug-likeness (QED) is 0.557. The number of nitrogens with zero attached hydrogens (tertiary/aromatic N) is 4. The van der Waals surface area contributed by atoms with Crippen molar-refractivity contribution in [3.63, 3.8) is 0 Å². The summed E-state index contributed by atoms with van der Waals surface area (Å²) < 4.78 is 2.86. The molecule has 2 N–H and O–H groups in total. The van der Waals surface area contributed by atoms with Crippen LogP contribution in [0.1, 0.15) is 11.4 Å². The van der Waals surface area contributed by atoms with E-state index in [2.05, 4.69) is 42.4 Å². The van der Waals surface area contributed by atoms with Crippen molar-refractivity contribution in [1.82, 2.24) is 19.4 Å². The molecule has 0 unspecified atom stereocenters. The summed E-state index contributed by atoms with van der Waals surface area (Å²) in [4.78, 5) is 13.9. The summed E-state index contributed by atoms with van der Waals surface area (Å²) >= 11 is 5.06. The molecule has 0 bridgehead atoms. The lowest BCUT2D eigenvalue weighted by Crippen LogP contribution is -1.96. The summed E-state index contributed by atoms with van der Waals surface area (Å²) in [6, 6.07) is 10.1. The van der Waals surface area contributed by atoms with Crippen LogP contribution < -0.4 is 5.73 Å². The number of nitrogen functional groups attached to an aromatic ring is 1. The maximum atomic E-state index is 5.68. The molecular weight excluding hydrogens is 386 g/mol. The summed E-state index contributed by atoms with van der Waals surface area (Å²) in [6.45, 7) is 0. The Kier molecular flexibility index (Phi) is 3.87. The first-order valence-electron chi connectivity index (χ1n) is 7.19. The minimum atomic E-state index is 0.245. The molecule has 3 heterocycles. The number of halogens is 1. The third-order valence-corrected chi connectivity index (χ3v) is 4.90. The van der Waals surface area contributed by atoms with E-state index in [1.54, 1.807) is 17.5 Å². The fourth-order valence-electron chi connectivity index (χ4n) is 2.44. The van der Waals surface area contributed by atoms with Gasteiger partial charge >= 0.3 is 0 Å². The normalized spacial score (nSPS) is 11.5. The van der Waals surface area contributed by atoms with E-state index < -0.39 is 0 Å². The number of imidazole rings is 1. The standard InChI is InChI=1S/C17H12BrN5S/c18-12-10-20-16(19)21-13(12)6-7-14-15(11-4-2-1-3-5-11)22-17-23(14)8-9-24-17/h1-10H,(H2,19,20,21). The Labute approximate surface area is 150 Å². The first-order valence-corrected chi connectivity index (χ1v) is 8.87. The average Bonchev–Trinajstić information content (AvgIpc) is 3.18. The van der Waals surface area contributed by atoms with Crippen LogP contribution in [-0.4, -0.2) is 19.4 Å². The summed E-state index contributed by atoms with van der Waals surface area (Å²) in [6.07, 6.45) is 7.58. The number of rotatable bonds is 3. The lowest BCUT2D eigenvalue weighted by atomic mass is 10.1. The largest absolute Gasteiger partial charge is 0.368 e. The number of anilines is 1. The predicted molar refractivity (Wildman–Crippen MR) is 102 cm³/mol. The lowest BCUT2D eigenvalue weighted by Gasteiger charge is -2.01. The van der Waals surface area contributed by atoms with Crippen LogP contribution in [0.4, 0.5) is 5.95 Å². The van der Waals surface area contributed by atoms with E-state index in [0.29, 0.717) is 0 Å². The number of aromatic nitrogens is 4. The Morgan fingerprint density at radius 1 is 1.12 bits per heavy atom. The van der Waals surface area contributed by atoms with Crippen molar-refractivity contribution in [3.05, 3.63) is 64.0 Å². The lowest BCUT2D eigenvalue weighted by molar-refractivity contribution is 1.15. The van der Waals surface area contributed by atoms with Crippen LogP contribution in [0.5, 0.6) is 0 Å². The molecule has 0 saturated heterocycles. The van der Waals surface area contributed by atoms with Crippen molar-refractivity contribution < 1.29 is 0 Å². The zero-order valence-corrected chi connectivity index (χ0v) is 14.8. The summed E-state index contributed by atoms with van der Waals surface area (Å²) in [5.41, 5.74) is 9.43. The Bertz CT molecular complexity index is 1040. The Morgan fingerprint density at radius 3 is 2.79 bits per heavy atom. The minimum absolute atomic E-state index is 0.245. The molecule has 0 fully saturated rings. The maximum absolute atomic E-state index is 5.68. The molecule has 24 heavy (non-hydrogen) atoms. The highest BCUT2D eigenvalue weighted by Crippen LogP contribution is 2.28. The fraction of sp³-hybridized carbons (Fsp3) is 0. The third kappa shape index (κ3) is 2.72. The Hall–Kier alpha value is -2.51. The fourth-order valence-corrected chi connectivity index (χ4v) is 3.48. The second-order valence-electron chi connectivity index (χ2n) is 5.06. The first-order chi connectivity index (χ1) is 11.7. The van der Waals surface area contributed by atoms with Gasteiger partial charge in [0.25, 0.3) is 0 Å². The van der Waals surface area contributed by atoms with Crippen molar-refractivity contribution >= 4 is 50.3 Å². The average molecular weight is 398 g/mol. The molecule has 118 valence electrons. The second kappa shape index (κ2) is 6.18. The molecule has 0 saturated carbocycles. The molecule has 5 nitrogen and oxygen atoms in total. The van der Waals surface area contributed by atoms with Crippen LogP contribution >= 0.6 is 27.3 Å². The monoisotopic (exact) mass is 397 g/mol. The maximum Gasteiger partial charge on any atom is 0.220 e. The van der Waals surface area contributed by atoms with E-state index in [9.17, 15) is 0 Å². The van der Waals surface area contributed by atoms with Gasteiger partial charge in [-0.3, -0.25) is 4.40 Å². The van der Waals surface area contributed by atoms with Gasteiger partial charge in [-0.05, 0) is 28.1 Å². The molecule has 4 rings (SSSR count). The number of hydrogen-bond donors (Lipinski definition) is 1. The van der Waals surface area contributed by atoms with Crippen LogP contribution in [0.2, 0.25) is 0 Å². The van der Waals surface area contributed by atoms with Crippen LogP contribution in [0.3, 0.4) is 0 Å². The molecule has 0 atom stereocenters. The molecule has 7 heteroatoms. The van der Waals surface area contributed by atoms with Gasteiger partial charge in [-0.2, -0.15) is 0 Å². The van der Waals surface area contributed by atoms with Crippen molar-refractivity contribution in [2.45, 2.75) is 0 Å². The van der Waals surface area contributed by atoms with Gasteiger partial charge < -0.3 is 5.73 Å². The molecule has 0 spiro atoms. The minimum Gasteiger partial charge on any atom is -0.368 e. The SMILES string of the molecule is Nc1ncc(Br)c(C=Cc2c(-c3ccccc3)nc3sccn23)n1. The van der Waals surface area contributed by atoms with Crippen molar-refractivity contribution in [3.8, 4) is 11.3 Å². The predicted octanol–water partition coefficient (Wildman–Crippen LogP) is 4.37. The number of benzene rings is 1.